The Hall–Kier alpha value is -2.16. The molecule has 2 atom stereocenters. The Morgan fingerprint density at radius 1 is 1.14 bits per heavy atom. The molecule has 0 bridgehead atoms. The van der Waals surface area contributed by atoms with Gasteiger partial charge in [0.2, 0.25) is 11.8 Å². The van der Waals surface area contributed by atoms with E-state index in [4.69, 9.17) is 15.9 Å². The number of amides is 2. The van der Waals surface area contributed by atoms with Crippen molar-refractivity contribution in [2.45, 2.75) is 38.8 Å². The zero-order valence-corrected chi connectivity index (χ0v) is 12.0. The van der Waals surface area contributed by atoms with Crippen LogP contribution < -0.4 is 16.4 Å². The summed E-state index contributed by atoms with van der Waals surface area (Å²) in [4.78, 5) is 44.3. The van der Waals surface area contributed by atoms with Gasteiger partial charge in [-0.2, -0.15) is 0 Å². The van der Waals surface area contributed by atoms with Crippen LogP contribution in [0.25, 0.3) is 0 Å². The lowest BCUT2D eigenvalue weighted by atomic mass is 10.0. The van der Waals surface area contributed by atoms with E-state index in [-0.39, 0.29) is 18.8 Å². The van der Waals surface area contributed by atoms with Crippen molar-refractivity contribution in [1.29, 1.82) is 0 Å². The van der Waals surface area contributed by atoms with Crippen molar-refractivity contribution < 1.29 is 29.4 Å². The maximum atomic E-state index is 11.8. The SMILES string of the molecule is CC(C)[C@@H](NC(=O)CC[C@@H](N)C(=O)O)C(=O)NCC(=O)O. The van der Waals surface area contributed by atoms with E-state index in [1.54, 1.807) is 13.8 Å². The van der Waals surface area contributed by atoms with E-state index in [9.17, 15) is 19.2 Å². The summed E-state index contributed by atoms with van der Waals surface area (Å²) in [5.74, 6) is -3.78. The number of hydrogen-bond donors (Lipinski definition) is 5. The van der Waals surface area contributed by atoms with Gasteiger partial charge in [-0.05, 0) is 12.3 Å². The van der Waals surface area contributed by atoms with Gasteiger partial charge in [-0.3, -0.25) is 19.2 Å². The molecule has 2 amide bonds. The third kappa shape index (κ3) is 7.88. The Kier molecular flexibility index (Phi) is 7.99. The first-order valence-electron chi connectivity index (χ1n) is 6.42. The van der Waals surface area contributed by atoms with Crippen LogP contribution in [0.2, 0.25) is 0 Å². The number of rotatable bonds is 9. The molecule has 6 N–H and O–H groups in total. The number of hydrogen-bond acceptors (Lipinski definition) is 5. The van der Waals surface area contributed by atoms with Crippen LogP contribution in [0.5, 0.6) is 0 Å². The minimum Gasteiger partial charge on any atom is -0.480 e. The summed E-state index contributed by atoms with van der Waals surface area (Å²) >= 11 is 0. The summed E-state index contributed by atoms with van der Waals surface area (Å²) in [6.07, 6.45) is -0.189. The van der Waals surface area contributed by atoms with Gasteiger partial charge in [-0.25, -0.2) is 0 Å². The first-order chi connectivity index (χ1) is 9.65. The summed E-state index contributed by atoms with van der Waals surface area (Å²) < 4.78 is 0. The third-order valence-corrected chi connectivity index (χ3v) is 2.68. The molecular formula is C12H21N3O6. The van der Waals surface area contributed by atoms with Crippen LogP contribution in [0.1, 0.15) is 26.7 Å². The van der Waals surface area contributed by atoms with Crippen LogP contribution >= 0.6 is 0 Å². The first-order valence-corrected chi connectivity index (χ1v) is 6.42. The summed E-state index contributed by atoms with van der Waals surface area (Å²) in [5, 5.41) is 21.7. The average Bonchev–Trinajstić information content (AvgIpc) is 2.38. The molecule has 0 spiro atoms. The molecule has 0 aliphatic heterocycles. The number of nitrogens with two attached hydrogens (primary N) is 1. The third-order valence-electron chi connectivity index (χ3n) is 2.68. The molecule has 0 saturated heterocycles. The Balaban J connectivity index is 4.43. The van der Waals surface area contributed by atoms with Crippen molar-refractivity contribution in [3.05, 3.63) is 0 Å². The second-order valence-corrected chi connectivity index (χ2v) is 4.88. The average molecular weight is 303 g/mol. The number of nitrogens with one attached hydrogen (secondary N) is 2. The molecule has 9 heteroatoms. The van der Waals surface area contributed by atoms with Gasteiger partial charge in [0.1, 0.15) is 18.6 Å². The van der Waals surface area contributed by atoms with Crippen molar-refractivity contribution in [3.8, 4) is 0 Å². The molecule has 0 unspecified atom stereocenters. The fraction of sp³-hybridized carbons (Fsp3) is 0.667. The largest absolute Gasteiger partial charge is 0.480 e. The highest BCUT2D eigenvalue weighted by Crippen LogP contribution is 2.03. The lowest BCUT2D eigenvalue weighted by molar-refractivity contribution is -0.139. The molecule has 0 aliphatic carbocycles. The Morgan fingerprint density at radius 2 is 1.71 bits per heavy atom. The normalized spacial score (nSPS) is 13.3. The van der Waals surface area contributed by atoms with E-state index >= 15 is 0 Å². The standard InChI is InChI=1S/C12H21N3O6/c1-6(2)10(11(19)14-5-9(17)18)15-8(16)4-3-7(13)12(20)21/h6-7,10H,3-5,13H2,1-2H3,(H,14,19)(H,15,16)(H,17,18)(H,20,21)/t7-,10-/m1/s1. The van der Waals surface area contributed by atoms with Crippen LogP contribution in [0.4, 0.5) is 0 Å². The molecular weight excluding hydrogens is 282 g/mol. The Labute approximate surface area is 121 Å². The lowest BCUT2D eigenvalue weighted by Gasteiger charge is -2.21. The van der Waals surface area contributed by atoms with Crippen molar-refractivity contribution >= 4 is 23.8 Å². The van der Waals surface area contributed by atoms with Crippen LogP contribution in [-0.4, -0.2) is 52.6 Å². The molecule has 0 radical (unpaired) electrons. The number of carboxylic acid groups (broad SMARTS) is 2. The first kappa shape index (κ1) is 18.8. The highest BCUT2D eigenvalue weighted by Gasteiger charge is 2.24. The van der Waals surface area contributed by atoms with Gasteiger partial charge in [0.25, 0.3) is 0 Å². The van der Waals surface area contributed by atoms with Crippen LogP contribution in [-0.2, 0) is 19.2 Å². The predicted octanol–water partition coefficient (Wildman–Crippen LogP) is -1.48. The van der Waals surface area contributed by atoms with Crippen LogP contribution in [0.3, 0.4) is 0 Å². The van der Waals surface area contributed by atoms with Gasteiger partial charge in [-0.1, -0.05) is 13.8 Å². The summed E-state index contributed by atoms with van der Waals surface area (Å²) in [6, 6.07) is -2.04. The molecule has 0 aromatic heterocycles. The minimum atomic E-state index is -1.21. The molecule has 0 heterocycles. The fourth-order valence-corrected chi connectivity index (χ4v) is 1.46. The highest BCUT2D eigenvalue weighted by molar-refractivity contribution is 5.89. The second kappa shape index (κ2) is 8.90. The van der Waals surface area contributed by atoms with E-state index in [1.165, 1.54) is 0 Å². The van der Waals surface area contributed by atoms with Crippen molar-refractivity contribution in [2.75, 3.05) is 6.54 Å². The molecule has 0 fully saturated rings. The zero-order chi connectivity index (χ0) is 16.6. The van der Waals surface area contributed by atoms with E-state index in [2.05, 4.69) is 10.6 Å². The minimum absolute atomic E-state index is 0.0529. The van der Waals surface area contributed by atoms with Gasteiger partial charge in [0.05, 0.1) is 0 Å². The summed E-state index contributed by atoms with van der Waals surface area (Å²) in [7, 11) is 0. The van der Waals surface area contributed by atoms with Crippen molar-refractivity contribution in [1.82, 2.24) is 10.6 Å². The highest BCUT2D eigenvalue weighted by atomic mass is 16.4. The van der Waals surface area contributed by atoms with Gasteiger partial charge in [-0.15, -0.1) is 0 Å². The molecule has 120 valence electrons. The Morgan fingerprint density at radius 3 is 2.14 bits per heavy atom. The molecule has 0 saturated carbocycles. The fourth-order valence-electron chi connectivity index (χ4n) is 1.46. The maximum absolute atomic E-state index is 11.8. The van der Waals surface area contributed by atoms with Crippen molar-refractivity contribution in [2.24, 2.45) is 11.7 Å². The van der Waals surface area contributed by atoms with E-state index < -0.39 is 42.4 Å². The van der Waals surface area contributed by atoms with Crippen molar-refractivity contribution in [3.63, 3.8) is 0 Å². The summed E-state index contributed by atoms with van der Waals surface area (Å²) in [6.45, 7) is 2.84. The monoisotopic (exact) mass is 303 g/mol. The maximum Gasteiger partial charge on any atom is 0.322 e. The van der Waals surface area contributed by atoms with Gasteiger partial charge in [0, 0.05) is 6.42 Å². The topological polar surface area (TPSA) is 159 Å². The van der Waals surface area contributed by atoms with Crippen LogP contribution in [0.15, 0.2) is 0 Å². The summed E-state index contributed by atoms with van der Waals surface area (Å²) in [5.41, 5.74) is 5.27. The molecule has 0 aromatic rings. The van der Waals surface area contributed by atoms with Gasteiger partial charge >= 0.3 is 11.9 Å². The number of aliphatic carboxylic acids is 2. The molecule has 0 aliphatic rings. The zero-order valence-electron chi connectivity index (χ0n) is 12.0. The quantitative estimate of drug-likeness (QED) is 0.347. The number of carbonyl (C=O) groups excluding carboxylic acids is 2. The van der Waals surface area contributed by atoms with Gasteiger partial charge in [0.15, 0.2) is 0 Å². The molecule has 9 nitrogen and oxygen atoms in total. The number of carboxylic acids is 2. The number of carbonyl (C=O) groups is 4. The van der Waals surface area contributed by atoms with E-state index in [0.717, 1.165) is 0 Å². The van der Waals surface area contributed by atoms with Gasteiger partial charge < -0.3 is 26.6 Å². The van der Waals surface area contributed by atoms with Crippen LogP contribution in [0, 0.1) is 5.92 Å². The molecule has 0 aromatic carbocycles. The van der Waals surface area contributed by atoms with E-state index in [0.29, 0.717) is 0 Å². The lowest BCUT2D eigenvalue weighted by Crippen LogP contribution is -2.50. The Bertz CT molecular complexity index is 410. The second-order valence-electron chi connectivity index (χ2n) is 4.88. The molecule has 0 rings (SSSR count). The molecule has 21 heavy (non-hydrogen) atoms. The smallest absolute Gasteiger partial charge is 0.322 e. The van der Waals surface area contributed by atoms with E-state index in [1.807, 2.05) is 0 Å². The predicted molar refractivity (Wildman–Crippen MR) is 72.3 cm³/mol.